The Morgan fingerprint density at radius 2 is 1.41 bits per heavy atom. The number of benzene rings is 3. The number of hydrogen-bond acceptors (Lipinski definition) is 3. The highest BCUT2D eigenvalue weighted by Gasteiger charge is 2.27. The molecule has 0 aliphatic rings. The summed E-state index contributed by atoms with van der Waals surface area (Å²) in [6.07, 6.45) is -0.00892. The molecule has 0 fully saturated rings. The fraction of sp³-hybridized carbons (Fsp3) is 0.174. The second-order valence-electron chi connectivity index (χ2n) is 6.65. The fourth-order valence-electron chi connectivity index (χ4n) is 3.07. The molecule has 0 saturated carbocycles. The van der Waals surface area contributed by atoms with Crippen LogP contribution in [0.2, 0.25) is 0 Å². The molecule has 0 bridgehead atoms. The van der Waals surface area contributed by atoms with Gasteiger partial charge in [0.05, 0.1) is 6.61 Å². The summed E-state index contributed by atoms with van der Waals surface area (Å²) in [6.45, 7) is 0.775. The van der Waals surface area contributed by atoms with Gasteiger partial charge in [-0.1, -0.05) is 72.8 Å². The molecule has 0 heterocycles. The summed E-state index contributed by atoms with van der Waals surface area (Å²) in [4.78, 5) is 10.4. The van der Waals surface area contributed by atoms with Crippen LogP contribution in [0.5, 0.6) is 5.75 Å². The minimum absolute atomic E-state index is 0.352. The number of amides is 1. The van der Waals surface area contributed by atoms with Crippen molar-refractivity contribution in [2.75, 3.05) is 13.2 Å². The van der Waals surface area contributed by atoms with Crippen LogP contribution in [0.4, 0.5) is 4.79 Å². The van der Waals surface area contributed by atoms with Gasteiger partial charge in [0.2, 0.25) is 0 Å². The highest BCUT2D eigenvalue weighted by molar-refractivity contribution is 7.78. The molecular formula is C23H24NO4P. The Bertz CT molecular complexity index is 916. The van der Waals surface area contributed by atoms with Gasteiger partial charge in [-0.05, 0) is 24.1 Å². The maximum atomic E-state index is 14.1. The van der Waals surface area contributed by atoms with Gasteiger partial charge in [0, 0.05) is 23.3 Å². The van der Waals surface area contributed by atoms with E-state index in [1.807, 2.05) is 84.9 Å². The number of carboxylic acid groups (broad SMARTS) is 1. The molecule has 0 aliphatic heterocycles. The third kappa shape index (κ3) is 5.72. The zero-order chi connectivity index (χ0) is 20.5. The van der Waals surface area contributed by atoms with E-state index in [1.54, 1.807) is 0 Å². The number of carbonyl (C=O) groups is 1. The summed E-state index contributed by atoms with van der Waals surface area (Å²) in [7, 11) is -2.81. The lowest BCUT2D eigenvalue weighted by atomic mass is 10.2. The molecular weight excluding hydrogens is 385 g/mol. The lowest BCUT2D eigenvalue weighted by Gasteiger charge is -2.19. The molecule has 1 amide bonds. The van der Waals surface area contributed by atoms with Gasteiger partial charge in [-0.25, -0.2) is 4.79 Å². The number of nitrogens with one attached hydrogen (secondary N) is 1. The second kappa shape index (κ2) is 9.94. The standard InChI is InChI=1S/C23H24NO4P/c25-23(26)24-16-7-17-28-20-14-12-19(13-15-20)18-29(27,21-8-3-1-4-9-21)22-10-5-2-6-11-22/h1-6,8-15,24H,7,16-18H2,(H,25,26). The van der Waals surface area contributed by atoms with Gasteiger partial charge < -0.3 is 19.7 Å². The van der Waals surface area contributed by atoms with Crippen molar-refractivity contribution in [1.29, 1.82) is 0 Å². The lowest BCUT2D eigenvalue weighted by Crippen LogP contribution is -2.23. The van der Waals surface area contributed by atoms with E-state index in [0.717, 1.165) is 16.2 Å². The SMILES string of the molecule is O=C(O)NCCCOc1ccc(CP(=O)(c2ccccc2)c2ccccc2)cc1. The van der Waals surface area contributed by atoms with E-state index in [-0.39, 0.29) is 0 Å². The highest BCUT2D eigenvalue weighted by atomic mass is 31.2. The van der Waals surface area contributed by atoms with Crippen molar-refractivity contribution in [1.82, 2.24) is 5.32 Å². The van der Waals surface area contributed by atoms with Crippen LogP contribution in [0, 0.1) is 0 Å². The van der Waals surface area contributed by atoms with Crippen molar-refractivity contribution in [3.8, 4) is 5.75 Å². The van der Waals surface area contributed by atoms with Gasteiger partial charge in [0.15, 0.2) is 0 Å². The first kappa shape index (κ1) is 20.7. The Hall–Kier alpha value is -3.04. The maximum Gasteiger partial charge on any atom is 0.404 e. The first-order chi connectivity index (χ1) is 14.1. The molecule has 0 spiro atoms. The monoisotopic (exact) mass is 409 g/mol. The molecule has 0 aromatic heterocycles. The molecule has 6 heteroatoms. The summed E-state index contributed by atoms with van der Waals surface area (Å²) < 4.78 is 19.7. The minimum atomic E-state index is -2.81. The van der Waals surface area contributed by atoms with Crippen LogP contribution >= 0.6 is 7.14 Å². The third-order valence-electron chi connectivity index (χ3n) is 4.54. The molecule has 150 valence electrons. The summed E-state index contributed by atoms with van der Waals surface area (Å²) in [6, 6.07) is 26.8. The van der Waals surface area contributed by atoms with Gasteiger partial charge >= 0.3 is 6.09 Å². The summed E-state index contributed by atoms with van der Waals surface area (Å²) >= 11 is 0. The Labute approximate surface area is 170 Å². The van der Waals surface area contributed by atoms with Gasteiger partial charge in [0.1, 0.15) is 12.9 Å². The number of rotatable bonds is 9. The average molecular weight is 409 g/mol. The van der Waals surface area contributed by atoms with Crippen LogP contribution in [-0.4, -0.2) is 24.4 Å². The Morgan fingerprint density at radius 3 is 1.93 bits per heavy atom. The fourth-order valence-corrected chi connectivity index (χ4v) is 5.77. The number of ether oxygens (including phenoxy) is 1. The smallest absolute Gasteiger partial charge is 0.404 e. The lowest BCUT2D eigenvalue weighted by molar-refractivity contribution is 0.193. The highest BCUT2D eigenvalue weighted by Crippen LogP contribution is 2.46. The van der Waals surface area contributed by atoms with E-state index >= 15 is 0 Å². The normalized spacial score (nSPS) is 11.0. The molecule has 0 unspecified atom stereocenters. The van der Waals surface area contributed by atoms with E-state index in [9.17, 15) is 9.36 Å². The molecule has 5 nitrogen and oxygen atoms in total. The van der Waals surface area contributed by atoms with E-state index in [2.05, 4.69) is 5.32 Å². The molecule has 0 radical (unpaired) electrons. The van der Waals surface area contributed by atoms with Gasteiger partial charge in [-0.3, -0.25) is 0 Å². The van der Waals surface area contributed by atoms with Crippen molar-refractivity contribution < 1.29 is 19.2 Å². The number of hydrogen-bond donors (Lipinski definition) is 2. The summed E-state index contributed by atoms with van der Waals surface area (Å²) in [5, 5.41) is 12.5. The summed E-state index contributed by atoms with van der Waals surface area (Å²) in [5.74, 6) is 0.707. The van der Waals surface area contributed by atoms with Crippen molar-refractivity contribution in [3.63, 3.8) is 0 Å². The van der Waals surface area contributed by atoms with Crippen molar-refractivity contribution >= 4 is 23.8 Å². The van der Waals surface area contributed by atoms with E-state index in [4.69, 9.17) is 9.84 Å². The van der Waals surface area contributed by atoms with Crippen molar-refractivity contribution in [2.45, 2.75) is 12.6 Å². The Morgan fingerprint density at radius 1 is 0.862 bits per heavy atom. The van der Waals surface area contributed by atoms with Crippen LogP contribution < -0.4 is 20.7 Å². The molecule has 3 rings (SSSR count). The van der Waals surface area contributed by atoms with Crippen LogP contribution in [0.1, 0.15) is 12.0 Å². The second-order valence-corrected chi connectivity index (χ2v) is 9.48. The van der Waals surface area contributed by atoms with Gasteiger partial charge in [-0.15, -0.1) is 0 Å². The zero-order valence-electron chi connectivity index (χ0n) is 16.0. The van der Waals surface area contributed by atoms with Gasteiger partial charge in [0.25, 0.3) is 0 Å². The van der Waals surface area contributed by atoms with E-state index in [1.165, 1.54) is 0 Å². The molecule has 0 aliphatic carbocycles. The van der Waals surface area contributed by atoms with E-state index < -0.39 is 13.2 Å². The first-order valence-corrected chi connectivity index (χ1v) is 11.4. The molecule has 2 N–H and O–H groups in total. The van der Waals surface area contributed by atoms with Crippen LogP contribution in [0.3, 0.4) is 0 Å². The summed E-state index contributed by atoms with van der Waals surface area (Å²) in [5.41, 5.74) is 0.973. The predicted molar refractivity (Wildman–Crippen MR) is 116 cm³/mol. The van der Waals surface area contributed by atoms with Crippen LogP contribution in [0.25, 0.3) is 0 Å². The van der Waals surface area contributed by atoms with Crippen LogP contribution in [-0.2, 0) is 10.7 Å². The maximum absolute atomic E-state index is 14.1. The zero-order valence-corrected chi connectivity index (χ0v) is 16.9. The Balaban J connectivity index is 1.71. The first-order valence-electron chi connectivity index (χ1n) is 9.47. The topological polar surface area (TPSA) is 75.6 Å². The minimum Gasteiger partial charge on any atom is -0.494 e. The third-order valence-corrected chi connectivity index (χ3v) is 7.62. The van der Waals surface area contributed by atoms with Crippen molar-refractivity contribution in [2.24, 2.45) is 0 Å². The molecule has 0 saturated heterocycles. The van der Waals surface area contributed by atoms with Crippen LogP contribution in [0.15, 0.2) is 84.9 Å². The Kier molecular flexibility index (Phi) is 7.09. The predicted octanol–water partition coefficient (Wildman–Crippen LogP) is 4.24. The average Bonchev–Trinajstić information content (AvgIpc) is 2.75. The molecule has 0 atom stereocenters. The quantitative estimate of drug-likeness (QED) is 0.410. The van der Waals surface area contributed by atoms with Crippen molar-refractivity contribution in [3.05, 3.63) is 90.5 Å². The van der Waals surface area contributed by atoms with Gasteiger partial charge in [-0.2, -0.15) is 0 Å². The van der Waals surface area contributed by atoms with E-state index in [0.29, 0.717) is 31.5 Å². The molecule has 3 aromatic rings. The molecule has 29 heavy (non-hydrogen) atoms. The molecule has 3 aromatic carbocycles. The largest absolute Gasteiger partial charge is 0.494 e.